The van der Waals surface area contributed by atoms with Crippen molar-refractivity contribution in [1.29, 1.82) is 0 Å². The van der Waals surface area contributed by atoms with Gasteiger partial charge in [-0.05, 0) is 18.6 Å². The summed E-state index contributed by atoms with van der Waals surface area (Å²) < 4.78 is 5.14. The van der Waals surface area contributed by atoms with Crippen LogP contribution in [-0.4, -0.2) is 32.3 Å². The average molecular weight is 274 g/mol. The van der Waals surface area contributed by atoms with Gasteiger partial charge in [-0.3, -0.25) is 0 Å². The molecule has 1 aromatic rings. The Morgan fingerprint density at radius 1 is 1.33 bits per heavy atom. The fraction of sp³-hybridized carbons (Fsp3) is 0.417. The van der Waals surface area contributed by atoms with Crippen molar-refractivity contribution < 1.29 is 9.53 Å². The van der Waals surface area contributed by atoms with E-state index >= 15 is 0 Å². The second-order valence-corrected chi connectivity index (χ2v) is 3.60. The zero-order valence-corrected chi connectivity index (χ0v) is 11.3. The topological polar surface area (TPSA) is 76.4 Å². The van der Waals surface area contributed by atoms with Crippen molar-refractivity contribution in [3.05, 3.63) is 29.8 Å². The molecule has 5 nitrogen and oxygen atoms in total. The number of para-hydroxylation sites is 1. The second kappa shape index (κ2) is 9.70. The SMILES string of the molecule is Cc1ccccc1NC(=O)NCCOCCN.Cl. The van der Waals surface area contributed by atoms with Gasteiger partial charge >= 0.3 is 6.03 Å². The number of anilines is 1. The molecular weight excluding hydrogens is 254 g/mol. The normalized spacial score (nSPS) is 9.44. The molecule has 0 aliphatic carbocycles. The number of nitrogens with two attached hydrogens (primary N) is 1. The smallest absolute Gasteiger partial charge is 0.319 e. The Hall–Kier alpha value is -1.30. The molecule has 6 heteroatoms. The van der Waals surface area contributed by atoms with Crippen molar-refractivity contribution in [2.24, 2.45) is 5.73 Å². The number of ether oxygens (including phenoxy) is 1. The molecule has 0 radical (unpaired) electrons. The minimum atomic E-state index is -0.226. The second-order valence-electron chi connectivity index (χ2n) is 3.60. The van der Waals surface area contributed by atoms with Crippen LogP contribution in [0.15, 0.2) is 24.3 Å². The van der Waals surface area contributed by atoms with Crippen molar-refractivity contribution in [2.45, 2.75) is 6.92 Å². The van der Waals surface area contributed by atoms with Crippen LogP contribution in [-0.2, 0) is 4.74 Å². The number of hydrogen-bond acceptors (Lipinski definition) is 3. The first-order valence-electron chi connectivity index (χ1n) is 5.62. The molecule has 2 amide bonds. The Labute approximate surface area is 113 Å². The van der Waals surface area contributed by atoms with Crippen LogP contribution in [0.3, 0.4) is 0 Å². The van der Waals surface area contributed by atoms with Gasteiger partial charge in [-0.15, -0.1) is 12.4 Å². The summed E-state index contributed by atoms with van der Waals surface area (Å²) in [7, 11) is 0. The van der Waals surface area contributed by atoms with E-state index in [9.17, 15) is 4.79 Å². The molecule has 0 aromatic heterocycles. The van der Waals surface area contributed by atoms with E-state index in [0.29, 0.717) is 26.3 Å². The van der Waals surface area contributed by atoms with Crippen LogP contribution < -0.4 is 16.4 Å². The lowest BCUT2D eigenvalue weighted by Gasteiger charge is -2.09. The zero-order valence-electron chi connectivity index (χ0n) is 10.4. The van der Waals surface area contributed by atoms with Gasteiger partial charge in [0.2, 0.25) is 0 Å². The van der Waals surface area contributed by atoms with Crippen LogP contribution in [0, 0.1) is 6.92 Å². The standard InChI is InChI=1S/C12H19N3O2.ClH/c1-10-4-2-3-5-11(10)15-12(16)14-7-9-17-8-6-13;/h2-5H,6-9,13H2,1H3,(H2,14,15,16);1H. The van der Waals surface area contributed by atoms with Crippen molar-refractivity contribution in [1.82, 2.24) is 5.32 Å². The molecule has 0 heterocycles. The number of urea groups is 1. The van der Waals surface area contributed by atoms with Crippen molar-refractivity contribution in [2.75, 3.05) is 31.6 Å². The van der Waals surface area contributed by atoms with Gasteiger partial charge < -0.3 is 21.1 Å². The Bertz CT molecular complexity index is 361. The molecule has 0 saturated carbocycles. The summed E-state index contributed by atoms with van der Waals surface area (Å²) in [4.78, 5) is 11.5. The summed E-state index contributed by atoms with van der Waals surface area (Å²) in [6, 6.07) is 7.39. The fourth-order valence-corrected chi connectivity index (χ4v) is 1.30. The number of amides is 2. The van der Waals surface area contributed by atoms with E-state index in [1.807, 2.05) is 31.2 Å². The van der Waals surface area contributed by atoms with Crippen molar-refractivity contribution in [3.63, 3.8) is 0 Å². The Balaban J connectivity index is 0.00000289. The van der Waals surface area contributed by atoms with Crippen LogP contribution in [0.25, 0.3) is 0 Å². The molecule has 1 rings (SSSR count). The third-order valence-corrected chi connectivity index (χ3v) is 2.19. The predicted octanol–water partition coefficient (Wildman–Crippen LogP) is 1.51. The summed E-state index contributed by atoms with van der Waals surface area (Å²) >= 11 is 0. The summed E-state index contributed by atoms with van der Waals surface area (Å²) in [5.74, 6) is 0. The van der Waals surface area contributed by atoms with E-state index < -0.39 is 0 Å². The third-order valence-electron chi connectivity index (χ3n) is 2.19. The van der Waals surface area contributed by atoms with Crippen LogP contribution >= 0.6 is 12.4 Å². The van der Waals surface area contributed by atoms with Gasteiger partial charge in [-0.2, -0.15) is 0 Å². The summed E-state index contributed by atoms with van der Waals surface area (Å²) in [5.41, 5.74) is 7.11. The first kappa shape index (κ1) is 16.7. The summed E-state index contributed by atoms with van der Waals surface area (Å²) in [5, 5.41) is 5.47. The lowest BCUT2D eigenvalue weighted by Crippen LogP contribution is -2.32. The van der Waals surface area contributed by atoms with E-state index in [1.54, 1.807) is 0 Å². The van der Waals surface area contributed by atoms with Gasteiger partial charge in [-0.1, -0.05) is 18.2 Å². The highest BCUT2D eigenvalue weighted by molar-refractivity contribution is 5.89. The van der Waals surface area contributed by atoms with E-state index in [0.717, 1.165) is 11.3 Å². The largest absolute Gasteiger partial charge is 0.378 e. The number of benzene rings is 1. The number of rotatable bonds is 6. The Morgan fingerprint density at radius 3 is 2.72 bits per heavy atom. The molecule has 0 spiro atoms. The quantitative estimate of drug-likeness (QED) is 0.688. The van der Waals surface area contributed by atoms with Gasteiger partial charge in [0.05, 0.1) is 13.2 Å². The number of halogens is 1. The van der Waals surface area contributed by atoms with Crippen LogP contribution in [0.4, 0.5) is 10.5 Å². The molecule has 0 saturated heterocycles. The molecule has 4 N–H and O–H groups in total. The van der Waals surface area contributed by atoms with Gasteiger partial charge in [0, 0.05) is 18.8 Å². The summed E-state index contributed by atoms with van der Waals surface area (Å²) in [6.07, 6.45) is 0. The maximum absolute atomic E-state index is 11.5. The molecule has 1 aromatic carbocycles. The van der Waals surface area contributed by atoms with E-state index in [4.69, 9.17) is 10.5 Å². The van der Waals surface area contributed by atoms with Gasteiger partial charge in [0.15, 0.2) is 0 Å². The molecule has 0 fully saturated rings. The molecule has 102 valence electrons. The monoisotopic (exact) mass is 273 g/mol. The third kappa shape index (κ3) is 6.44. The first-order chi connectivity index (χ1) is 8.24. The molecule has 0 aliphatic rings. The van der Waals surface area contributed by atoms with E-state index in [1.165, 1.54) is 0 Å². The Morgan fingerprint density at radius 2 is 2.06 bits per heavy atom. The zero-order chi connectivity index (χ0) is 12.5. The van der Waals surface area contributed by atoms with Gasteiger partial charge in [0.25, 0.3) is 0 Å². The van der Waals surface area contributed by atoms with Crippen LogP contribution in [0.5, 0.6) is 0 Å². The number of hydrogen-bond donors (Lipinski definition) is 3. The highest BCUT2D eigenvalue weighted by Gasteiger charge is 2.02. The van der Waals surface area contributed by atoms with Gasteiger partial charge in [-0.25, -0.2) is 4.79 Å². The van der Waals surface area contributed by atoms with E-state index in [-0.39, 0.29) is 18.4 Å². The molecular formula is C12H20ClN3O2. The minimum absolute atomic E-state index is 0. The predicted molar refractivity (Wildman–Crippen MR) is 75.3 cm³/mol. The average Bonchev–Trinajstić information content (AvgIpc) is 2.32. The van der Waals surface area contributed by atoms with Crippen molar-refractivity contribution >= 4 is 24.1 Å². The maximum atomic E-state index is 11.5. The molecule has 0 unspecified atom stereocenters. The van der Waals surface area contributed by atoms with Crippen LogP contribution in [0.2, 0.25) is 0 Å². The number of nitrogens with one attached hydrogen (secondary N) is 2. The molecule has 0 bridgehead atoms. The number of carbonyl (C=O) groups is 1. The lowest BCUT2D eigenvalue weighted by molar-refractivity contribution is 0.144. The summed E-state index contributed by atoms with van der Waals surface area (Å²) in [6.45, 7) is 3.90. The van der Waals surface area contributed by atoms with Crippen molar-refractivity contribution in [3.8, 4) is 0 Å². The number of aryl methyl sites for hydroxylation is 1. The molecule has 18 heavy (non-hydrogen) atoms. The molecule has 0 aliphatic heterocycles. The van der Waals surface area contributed by atoms with E-state index in [2.05, 4.69) is 10.6 Å². The first-order valence-corrected chi connectivity index (χ1v) is 5.62. The number of carbonyl (C=O) groups excluding carboxylic acids is 1. The lowest BCUT2D eigenvalue weighted by atomic mass is 10.2. The highest BCUT2D eigenvalue weighted by atomic mass is 35.5. The van der Waals surface area contributed by atoms with Gasteiger partial charge in [0.1, 0.15) is 0 Å². The van der Waals surface area contributed by atoms with Crippen LogP contribution in [0.1, 0.15) is 5.56 Å². The minimum Gasteiger partial charge on any atom is -0.378 e. The maximum Gasteiger partial charge on any atom is 0.319 e. The Kier molecular flexibility index (Phi) is 9.00. The fourth-order valence-electron chi connectivity index (χ4n) is 1.30. The molecule has 0 atom stereocenters. The highest BCUT2D eigenvalue weighted by Crippen LogP contribution is 2.12.